The maximum Gasteiger partial charge on any atom is 0.0702 e. The number of hydrogen-bond acceptors (Lipinski definition) is 3. The van der Waals surface area contributed by atoms with Gasteiger partial charge in [0.25, 0.3) is 0 Å². The van der Waals surface area contributed by atoms with E-state index in [-0.39, 0.29) is 0 Å². The highest BCUT2D eigenvalue weighted by Gasteiger charge is 2.33. The second kappa shape index (κ2) is 5.61. The lowest BCUT2D eigenvalue weighted by atomic mass is 10.1. The van der Waals surface area contributed by atoms with Gasteiger partial charge < -0.3 is 5.73 Å². The quantitative estimate of drug-likeness (QED) is 0.828. The van der Waals surface area contributed by atoms with Crippen LogP contribution in [0.5, 0.6) is 0 Å². The second-order valence-electron chi connectivity index (χ2n) is 5.73. The predicted octanol–water partition coefficient (Wildman–Crippen LogP) is 3.63. The molecule has 0 amide bonds. The minimum atomic E-state index is 0.433. The van der Waals surface area contributed by atoms with Crippen molar-refractivity contribution in [1.29, 1.82) is 0 Å². The molecule has 18 heavy (non-hydrogen) atoms. The number of hydrogen-bond donors (Lipinski definition) is 1. The summed E-state index contributed by atoms with van der Waals surface area (Å²) in [6, 6.07) is 4.82. The number of halogens is 1. The van der Waals surface area contributed by atoms with Crippen LogP contribution in [0.4, 0.5) is 0 Å². The van der Waals surface area contributed by atoms with E-state index < -0.39 is 0 Å². The third-order valence-electron chi connectivity index (χ3n) is 3.97. The molecule has 0 bridgehead atoms. The summed E-state index contributed by atoms with van der Waals surface area (Å²) in [5, 5.41) is 0. The van der Waals surface area contributed by atoms with Crippen LogP contribution >= 0.6 is 27.3 Å². The van der Waals surface area contributed by atoms with Gasteiger partial charge in [-0.25, -0.2) is 0 Å². The lowest BCUT2D eigenvalue weighted by Crippen LogP contribution is -2.36. The lowest BCUT2D eigenvalue weighted by Gasteiger charge is -2.30. The second-order valence-corrected chi connectivity index (χ2v) is 8.23. The van der Waals surface area contributed by atoms with E-state index in [1.807, 2.05) is 11.3 Å². The Morgan fingerprint density at radius 2 is 1.83 bits per heavy atom. The summed E-state index contributed by atoms with van der Waals surface area (Å²) in [6.07, 6.45) is 5.69. The van der Waals surface area contributed by atoms with Crippen LogP contribution in [0.25, 0.3) is 0 Å². The van der Waals surface area contributed by atoms with Gasteiger partial charge in [0.15, 0.2) is 0 Å². The van der Waals surface area contributed by atoms with Gasteiger partial charge in [0.1, 0.15) is 0 Å². The zero-order chi connectivity index (χ0) is 12.5. The lowest BCUT2D eigenvalue weighted by molar-refractivity contribution is 0.187. The molecule has 0 aromatic carbocycles. The Labute approximate surface area is 122 Å². The van der Waals surface area contributed by atoms with Crippen LogP contribution in [0.3, 0.4) is 0 Å². The third-order valence-corrected chi connectivity index (χ3v) is 5.69. The van der Waals surface area contributed by atoms with Crippen molar-refractivity contribution >= 4 is 27.3 Å². The Morgan fingerprint density at radius 1 is 1.22 bits per heavy atom. The largest absolute Gasteiger partial charge is 0.329 e. The van der Waals surface area contributed by atoms with Gasteiger partial charge in [-0.1, -0.05) is 0 Å². The van der Waals surface area contributed by atoms with Crippen molar-refractivity contribution in [1.82, 2.24) is 4.90 Å². The van der Waals surface area contributed by atoms with Crippen LogP contribution < -0.4 is 5.73 Å². The summed E-state index contributed by atoms with van der Waals surface area (Å²) in [5.41, 5.74) is 6.06. The maximum atomic E-state index is 6.06. The van der Waals surface area contributed by atoms with Crippen LogP contribution in [-0.4, -0.2) is 24.5 Å². The molecule has 3 rings (SSSR count). The first kappa shape index (κ1) is 13.1. The molecule has 4 heteroatoms. The van der Waals surface area contributed by atoms with Gasteiger partial charge in [0.05, 0.1) is 9.83 Å². The summed E-state index contributed by atoms with van der Waals surface area (Å²) < 4.78 is 1.22. The molecule has 2 aliphatic rings. The number of nitrogens with two attached hydrogens (primary N) is 1. The molecule has 2 N–H and O–H groups in total. The molecular weight excluding hydrogens is 308 g/mol. The van der Waals surface area contributed by atoms with Crippen LogP contribution in [-0.2, 0) is 0 Å². The predicted molar refractivity (Wildman–Crippen MR) is 80.8 cm³/mol. The molecule has 100 valence electrons. The molecule has 1 aromatic heterocycles. The molecule has 1 aromatic rings. The molecule has 2 saturated carbocycles. The first-order valence-electron chi connectivity index (χ1n) is 6.95. The summed E-state index contributed by atoms with van der Waals surface area (Å²) >= 11 is 5.40. The average Bonchev–Trinajstić information content (AvgIpc) is 3.25. The van der Waals surface area contributed by atoms with E-state index in [2.05, 4.69) is 33.0 Å². The molecule has 0 aliphatic heterocycles. The molecule has 1 heterocycles. The third kappa shape index (κ3) is 3.35. The average molecular weight is 329 g/mol. The van der Waals surface area contributed by atoms with Crippen molar-refractivity contribution in [3.8, 4) is 0 Å². The normalized spacial score (nSPS) is 21.5. The van der Waals surface area contributed by atoms with Crippen molar-refractivity contribution in [2.45, 2.75) is 31.7 Å². The van der Waals surface area contributed by atoms with Gasteiger partial charge in [-0.05, 0) is 65.6 Å². The van der Waals surface area contributed by atoms with Gasteiger partial charge >= 0.3 is 0 Å². The van der Waals surface area contributed by atoms with Crippen LogP contribution in [0.1, 0.15) is 36.6 Å². The summed E-state index contributed by atoms with van der Waals surface area (Å²) in [4.78, 5) is 4.08. The number of rotatable bonds is 7. The van der Waals surface area contributed by atoms with Crippen molar-refractivity contribution < 1.29 is 0 Å². The first-order chi connectivity index (χ1) is 8.76. The highest BCUT2D eigenvalue weighted by molar-refractivity contribution is 9.11. The van der Waals surface area contributed by atoms with Gasteiger partial charge in [0, 0.05) is 24.5 Å². The van der Waals surface area contributed by atoms with E-state index in [0.717, 1.165) is 18.4 Å². The van der Waals surface area contributed by atoms with Crippen molar-refractivity contribution in [3.05, 3.63) is 20.8 Å². The van der Waals surface area contributed by atoms with Crippen molar-refractivity contribution in [3.63, 3.8) is 0 Å². The standard InChI is InChI=1S/C14H21BrN2S/c15-14-6-5-13(18-14)12(7-16)17(8-10-1-2-10)9-11-3-4-11/h5-6,10-12H,1-4,7-9,16H2. The molecule has 0 saturated heterocycles. The molecule has 1 unspecified atom stereocenters. The SMILES string of the molecule is NCC(c1ccc(Br)s1)N(CC1CC1)CC1CC1. The first-order valence-corrected chi connectivity index (χ1v) is 8.56. The van der Waals surface area contributed by atoms with E-state index in [1.54, 1.807) is 0 Å². The Kier molecular flexibility index (Phi) is 4.09. The van der Waals surface area contributed by atoms with Crippen LogP contribution in [0.15, 0.2) is 15.9 Å². The van der Waals surface area contributed by atoms with E-state index in [1.165, 1.54) is 47.4 Å². The molecule has 2 aliphatic carbocycles. The topological polar surface area (TPSA) is 29.3 Å². The van der Waals surface area contributed by atoms with Crippen LogP contribution in [0, 0.1) is 11.8 Å². The fourth-order valence-electron chi connectivity index (χ4n) is 2.55. The molecular formula is C14H21BrN2S. The van der Waals surface area contributed by atoms with E-state index in [4.69, 9.17) is 5.73 Å². The highest BCUT2D eigenvalue weighted by Crippen LogP contribution is 2.38. The highest BCUT2D eigenvalue weighted by atomic mass is 79.9. The van der Waals surface area contributed by atoms with E-state index >= 15 is 0 Å². The zero-order valence-corrected chi connectivity index (χ0v) is 13.0. The molecule has 2 fully saturated rings. The maximum absolute atomic E-state index is 6.06. The fraction of sp³-hybridized carbons (Fsp3) is 0.714. The van der Waals surface area contributed by atoms with Crippen LogP contribution in [0.2, 0.25) is 0 Å². The summed E-state index contributed by atoms with van der Waals surface area (Å²) in [5.74, 6) is 1.89. The Bertz CT molecular complexity index is 384. The summed E-state index contributed by atoms with van der Waals surface area (Å²) in [6.45, 7) is 3.26. The van der Waals surface area contributed by atoms with Gasteiger partial charge in [-0.3, -0.25) is 4.90 Å². The van der Waals surface area contributed by atoms with Gasteiger partial charge in [-0.15, -0.1) is 11.3 Å². The van der Waals surface area contributed by atoms with Gasteiger partial charge in [-0.2, -0.15) is 0 Å². The van der Waals surface area contributed by atoms with E-state index in [9.17, 15) is 0 Å². The Hall–Kier alpha value is 0.1000. The van der Waals surface area contributed by atoms with E-state index in [0.29, 0.717) is 6.04 Å². The number of thiophene rings is 1. The molecule has 0 radical (unpaired) electrons. The monoisotopic (exact) mass is 328 g/mol. The minimum absolute atomic E-state index is 0.433. The Balaban J connectivity index is 1.71. The molecule has 1 atom stereocenters. The number of nitrogens with zero attached hydrogens (tertiary/aromatic N) is 1. The minimum Gasteiger partial charge on any atom is -0.329 e. The fourth-order valence-corrected chi connectivity index (χ4v) is 4.12. The van der Waals surface area contributed by atoms with Crippen molar-refractivity contribution in [2.24, 2.45) is 17.6 Å². The Morgan fingerprint density at radius 3 is 2.22 bits per heavy atom. The summed E-state index contributed by atoms with van der Waals surface area (Å²) in [7, 11) is 0. The zero-order valence-electron chi connectivity index (χ0n) is 10.6. The molecule has 2 nitrogen and oxygen atoms in total. The van der Waals surface area contributed by atoms with Gasteiger partial charge in [0.2, 0.25) is 0 Å². The smallest absolute Gasteiger partial charge is 0.0702 e. The van der Waals surface area contributed by atoms with Crippen molar-refractivity contribution in [2.75, 3.05) is 19.6 Å². The molecule has 0 spiro atoms.